The van der Waals surface area contributed by atoms with Crippen molar-refractivity contribution in [1.82, 2.24) is 14.6 Å². The summed E-state index contributed by atoms with van der Waals surface area (Å²) in [6.45, 7) is 1.65. The van der Waals surface area contributed by atoms with Crippen molar-refractivity contribution in [2.75, 3.05) is 37.6 Å². The van der Waals surface area contributed by atoms with E-state index in [0.29, 0.717) is 48.9 Å². The topological polar surface area (TPSA) is 95.8 Å². The molecule has 4 aromatic rings. The van der Waals surface area contributed by atoms with Gasteiger partial charge < -0.3 is 14.6 Å². The quantitative estimate of drug-likeness (QED) is 0.447. The van der Waals surface area contributed by atoms with Crippen LogP contribution in [-0.4, -0.2) is 56.3 Å². The summed E-state index contributed by atoms with van der Waals surface area (Å²) < 4.78 is 33.8. The number of benzene rings is 3. The highest BCUT2D eigenvalue weighted by Crippen LogP contribution is 2.26. The van der Waals surface area contributed by atoms with E-state index < -0.39 is 10.0 Å². The fourth-order valence-corrected chi connectivity index (χ4v) is 5.48. The Labute approximate surface area is 197 Å². The van der Waals surface area contributed by atoms with Crippen LogP contribution in [0.2, 0.25) is 0 Å². The van der Waals surface area contributed by atoms with Gasteiger partial charge in [0.1, 0.15) is 5.52 Å². The van der Waals surface area contributed by atoms with E-state index in [9.17, 15) is 13.2 Å². The highest BCUT2D eigenvalue weighted by Gasteiger charge is 2.30. The highest BCUT2D eigenvalue weighted by atomic mass is 32.2. The van der Waals surface area contributed by atoms with Gasteiger partial charge in [-0.25, -0.2) is 8.42 Å². The van der Waals surface area contributed by atoms with E-state index in [1.165, 1.54) is 4.31 Å². The standard InChI is InChI=1S/C25H22N4O4S/c1-2-11-26-24(30)20-8-10-23-22(17-20)27-25(33-23)28-12-14-29(15-13-28)34(31,32)21-9-7-18-5-3-4-6-19(18)16-21/h1,3-10,16-17H,11-15H2,(H,26,30). The average molecular weight is 475 g/mol. The Balaban J connectivity index is 1.30. The molecule has 0 unspecified atom stereocenters. The molecule has 0 aliphatic carbocycles. The first-order valence-corrected chi connectivity index (χ1v) is 12.3. The maximum atomic E-state index is 13.2. The van der Waals surface area contributed by atoms with Crippen molar-refractivity contribution in [3.05, 3.63) is 66.2 Å². The highest BCUT2D eigenvalue weighted by molar-refractivity contribution is 7.89. The zero-order valence-corrected chi connectivity index (χ0v) is 19.1. The van der Waals surface area contributed by atoms with Gasteiger partial charge in [0.2, 0.25) is 10.0 Å². The first kappa shape index (κ1) is 21.9. The van der Waals surface area contributed by atoms with Crippen molar-refractivity contribution in [1.29, 1.82) is 0 Å². The number of nitrogens with one attached hydrogen (secondary N) is 1. The van der Waals surface area contributed by atoms with E-state index in [2.05, 4.69) is 16.2 Å². The molecule has 5 rings (SSSR count). The number of anilines is 1. The summed E-state index contributed by atoms with van der Waals surface area (Å²) in [6.07, 6.45) is 5.18. The molecule has 0 bridgehead atoms. The van der Waals surface area contributed by atoms with Crippen LogP contribution in [0, 0.1) is 12.3 Å². The van der Waals surface area contributed by atoms with E-state index in [4.69, 9.17) is 10.8 Å². The number of hydrogen-bond donors (Lipinski definition) is 1. The number of sulfonamides is 1. The average Bonchev–Trinajstić information content (AvgIpc) is 3.30. The van der Waals surface area contributed by atoms with Crippen LogP contribution in [0.3, 0.4) is 0 Å². The van der Waals surface area contributed by atoms with Gasteiger partial charge >= 0.3 is 0 Å². The van der Waals surface area contributed by atoms with E-state index in [1.54, 1.807) is 30.3 Å². The summed E-state index contributed by atoms with van der Waals surface area (Å²) in [5, 5.41) is 4.51. The Hall–Kier alpha value is -3.87. The van der Waals surface area contributed by atoms with Gasteiger partial charge in [0, 0.05) is 31.7 Å². The van der Waals surface area contributed by atoms with Crippen molar-refractivity contribution in [3.63, 3.8) is 0 Å². The molecular weight excluding hydrogens is 452 g/mol. The minimum absolute atomic E-state index is 0.146. The number of hydrogen-bond acceptors (Lipinski definition) is 6. The number of piperazine rings is 1. The zero-order chi connectivity index (χ0) is 23.7. The Bertz CT molecular complexity index is 1530. The number of carbonyl (C=O) groups excluding carboxylic acids is 1. The molecular formula is C25H22N4O4S. The van der Waals surface area contributed by atoms with E-state index in [0.717, 1.165) is 10.8 Å². The summed E-state index contributed by atoms with van der Waals surface area (Å²) in [6, 6.07) is 18.3. The molecule has 1 aliphatic rings. The summed E-state index contributed by atoms with van der Waals surface area (Å²) >= 11 is 0. The lowest BCUT2D eigenvalue weighted by Gasteiger charge is -2.33. The van der Waals surface area contributed by atoms with Gasteiger partial charge in [-0.3, -0.25) is 4.79 Å². The normalized spacial score (nSPS) is 14.9. The Morgan fingerprint density at radius 3 is 2.56 bits per heavy atom. The monoisotopic (exact) mass is 474 g/mol. The third-order valence-corrected chi connectivity index (χ3v) is 7.75. The van der Waals surface area contributed by atoms with Crippen LogP contribution >= 0.6 is 0 Å². The lowest BCUT2D eigenvalue weighted by Crippen LogP contribution is -2.48. The maximum Gasteiger partial charge on any atom is 0.298 e. The number of amides is 1. The molecule has 3 aromatic carbocycles. The van der Waals surface area contributed by atoms with Gasteiger partial charge in [-0.1, -0.05) is 36.3 Å². The number of rotatable bonds is 5. The van der Waals surface area contributed by atoms with Gasteiger partial charge in [-0.15, -0.1) is 6.42 Å². The minimum atomic E-state index is -3.61. The molecule has 2 heterocycles. The first-order chi connectivity index (χ1) is 16.5. The Morgan fingerprint density at radius 1 is 1.03 bits per heavy atom. The van der Waals surface area contributed by atoms with Gasteiger partial charge in [-0.05, 0) is 41.1 Å². The molecule has 1 saturated heterocycles. The molecule has 8 nitrogen and oxygen atoms in total. The predicted molar refractivity (Wildman–Crippen MR) is 130 cm³/mol. The smallest absolute Gasteiger partial charge is 0.298 e. The molecule has 34 heavy (non-hydrogen) atoms. The second kappa shape index (κ2) is 8.82. The lowest BCUT2D eigenvalue weighted by molar-refractivity contribution is 0.0959. The third kappa shape index (κ3) is 4.09. The Kier molecular flexibility index (Phi) is 5.69. The predicted octanol–water partition coefficient (Wildman–Crippen LogP) is 2.85. The second-order valence-corrected chi connectivity index (χ2v) is 9.90. The van der Waals surface area contributed by atoms with Gasteiger partial charge in [0.25, 0.3) is 11.9 Å². The molecule has 172 valence electrons. The summed E-state index contributed by atoms with van der Waals surface area (Å²) in [4.78, 5) is 18.8. The fourth-order valence-electron chi connectivity index (χ4n) is 4.02. The summed E-state index contributed by atoms with van der Waals surface area (Å²) in [5.41, 5.74) is 1.54. The van der Waals surface area contributed by atoms with E-state index in [1.807, 2.05) is 35.2 Å². The largest absolute Gasteiger partial charge is 0.423 e. The minimum Gasteiger partial charge on any atom is -0.423 e. The van der Waals surface area contributed by atoms with Crippen molar-refractivity contribution >= 4 is 43.8 Å². The van der Waals surface area contributed by atoms with Gasteiger partial charge in [-0.2, -0.15) is 9.29 Å². The molecule has 0 spiro atoms. The number of aromatic nitrogens is 1. The van der Waals surface area contributed by atoms with Crippen LogP contribution < -0.4 is 10.2 Å². The van der Waals surface area contributed by atoms with Crippen LogP contribution in [0.25, 0.3) is 21.9 Å². The number of terminal acetylenes is 1. The third-order valence-electron chi connectivity index (χ3n) is 5.86. The molecule has 1 fully saturated rings. The molecule has 0 radical (unpaired) electrons. The molecule has 1 amide bonds. The zero-order valence-electron chi connectivity index (χ0n) is 18.3. The lowest BCUT2D eigenvalue weighted by atomic mass is 10.1. The molecule has 9 heteroatoms. The van der Waals surface area contributed by atoms with Crippen LogP contribution in [0.15, 0.2) is 70.0 Å². The van der Waals surface area contributed by atoms with Crippen molar-refractivity contribution in [3.8, 4) is 12.3 Å². The number of fused-ring (bicyclic) bond motifs is 2. The van der Waals surface area contributed by atoms with Crippen molar-refractivity contribution < 1.29 is 17.6 Å². The second-order valence-electron chi connectivity index (χ2n) is 7.97. The van der Waals surface area contributed by atoms with Gasteiger partial charge in [0.05, 0.1) is 11.4 Å². The molecule has 1 N–H and O–H groups in total. The number of oxazole rings is 1. The molecule has 1 aromatic heterocycles. The number of carbonyl (C=O) groups is 1. The Morgan fingerprint density at radius 2 is 1.79 bits per heavy atom. The van der Waals surface area contributed by atoms with Crippen LogP contribution in [0.4, 0.5) is 6.01 Å². The van der Waals surface area contributed by atoms with Crippen molar-refractivity contribution in [2.45, 2.75) is 4.90 Å². The fraction of sp³-hybridized carbons (Fsp3) is 0.200. The molecule has 0 saturated carbocycles. The van der Waals surface area contributed by atoms with E-state index in [-0.39, 0.29) is 17.3 Å². The van der Waals surface area contributed by atoms with E-state index >= 15 is 0 Å². The van der Waals surface area contributed by atoms with Crippen LogP contribution in [-0.2, 0) is 10.0 Å². The number of nitrogens with zero attached hydrogens (tertiary/aromatic N) is 3. The maximum absolute atomic E-state index is 13.2. The first-order valence-electron chi connectivity index (χ1n) is 10.8. The SMILES string of the molecule is C#CCNC(=O)c1ccc2oc(N3CCN(S(=O)(=O)c4ccc5ccccc5c4)CC3)nc2c1. The molecule has 1 aliphatic heterocycles. The summed E-state index contributed by atoms with van der Waals surface area (Å²) in [7, 11) is -3.61. The van der Waals surface area contributed by atoms with Crippen LogP contribution in [0.1, 0.15) is 10.4 Å². The summed E-state index contributed by atoms with van der Waals surface area (Å²) in [5.74, 6) is 2.08. The van der Waals surface area contributed by atoms with Crippen LogP contribution in [0.5, 0.6) is 0 Å². The molecule has 0 atom stereocenters. The van der Waals surface area contributed by atoms with Gasteiger partial charge in [0.15, 0.2) is 5.58 Å². The van der Waals surface area contributed by atoms with Crippen molar-refractivity contribution in [2.24, 2.45) is 0 Å².